The van der Waals surface area contributed by atoms with E-state index in [0.717, 1.165) is 18.4 Å². The third kappa shape index (κ3) is 5.71. The van der Waals surface area contributed by atoms with Gasteiger partial charge in [-0.05, 0) is 18.6 Å². The van der Waals surface area contributed by atoms with Crippen LogP contribution in [0.15, 0.2) is 30.3 Å². The molecule has 1 aromatic rings. The molecule has 0 aromatic heterocycles. The van der Waals surface area contributed by atoms with E-state index in [2.05, 4.69) is 0 Å². The highest BCUT2D eigenvalue weighted by Crippen LogP contribution is 2.50. The average molecular weight is 379 g/mol. The highest BCUT2D eigenvalue weighted by molar-refractivity contribution is 6.72. The van der Waals surface area contributed by atoms with E-state index in [1.54, 1.807) is 6.08 Å². The summed E-state index contributed by atoms with van der Waals surface area (Å²) in [6.45, 7) is 14.5. The fourth-order valence-electron chi connectivity index (χ4n) is 2.82. The lowest BCUT2D eigenvalue weighted by molar-refractivity contribution is -0.137. The third-order valence-corrected chi connectivity index (χ3v) is 8.93. The summed E-state index contributed by atoms with van der Waals surface area (Å²) in [5, 5.41) is -0.748. The first-order valence-corrected chi connectivity index (χ1v) is 11.1. The number of hydrogen-bond acceptors (Lipinski definition) is 4. The van der Waals surface area contributed by atoms with Crippen LogP contribution in [0.3, 0.4) is 0 Å². The summed E-state index contributed by atoms with van der Waals surface area (Å²) >= 11 is 0. The van der Waals surface area contributed by atoms with E-state index in [0.29, 0.717) is 12.4 Å². The Morgan fingerprint density at radius 2 is 1.69 bits per heavy atom. The predicted molar refractivity (Wildman–Crippen MR) is 109 cm³/mol. The number of unbranched alkanes of at least 4 members (excludes halogenated alkanes) is 1. The smallest absolute Gasteiger partial charge is 0.407 e. The number of carbonyl (C=O) groups is 1. The maximum Gasteiger partial charge on any atom is 0.407 e. The zero-order chi connectivity index (χ0) is 20.0. The van der Waals surface area contributed by atoms with Gasteiger partial charge in [0.25, 0.3) is 0 Å². The van der Waals surface area contributed by atoms with Crippen molar-refractivity contribution in [1.82, 2.24) is 0 Å². The van der Waals surface area contributed by atoms with Crippen LogP contribution in [0.1, 0.15) is 66.9 Å². The van der Waals surface area contributed by atoms with Gasteiger partial charge in [0.2, 0.25) is 0 Å². The molecule has 26 heavy (non-hydrogen) atoms. The fourth-order valence-corrected chi connectivity index (χ4v) is 6.19. The maximum atomic E-state index is 11.8. The molecule has 0 bridgehead atoms. The molecular formula is C21H34O4Si. The lowest BCUT2D eigenvalue weighted by atomic mass is 10.2. The Labute approximate surface area is 159 Å². The Bertz CT molecular complexity index is 610. The van der Waals surface area contributed by atoms with Crippen LogP contribution in [0.2, 0.25) is 10.1 Å². The van der Waals surface area contributed by atoms with E-state index in [4.69, 9.17) is 9.16 Å². The molecule has 4 nitrogen and oxygen atoms in total. The van der Waals surface area contributed by atoms with Gasteiger partial charge in [-0.25, -0.2) is 4.79 Å². The highest BCUT2D eigenvalue weighted by Gasteiger charge is 2.57. The second kappa shape index (κ2) is 8.87. The maximum absolute atomic E-state index is 11.8. The third-order valence-electron chi connectivity index (χ3n) is 4.35. The first-order valence-electron chi connectivity index (χ1n) is 9.27. The van der Waals surface area contributed by atoms with Crippen LogP contribution < -0.4 is 4.43 Å². The average Bonchev–Trinajstić information content (AvgIpc) is 2.52. The molecule has 0 atom stereocenters. The van der Waals surface area contributed by atoms with Crippen LogP contribution in [0.25, 0.3) is 6.08 Å². The van der Waals surface area contributed by atoms with Gasteiger partial charge in [0.15, 0.2) is 0 Å². The van der Waals surface area contributed by atoms with Crippen LogP contribution in [-0.2, 0) is 9.53 Å². The number of ether oxygens (including phenoxy) is 1. The summed E-state index contributed by atoms with van der Waals surface area (Å²) < 4.78 is 11.4. The van der Waals surface area contributed by atoms with Gasteiger partial charge in [-0.2, -0.15) is 0 Å². The van der Waals surface area contributed by atoms with Gasteiger partial charge in [-0.15, -0.1) is 0 Å². The van der Waals surface area contributed by atoms with Crippen molar-refractivity contribution in [3.05, 3.63) is 35.9 Å². The molecule has 0 fully saturated rings. The van der Waals surface area contributed by atoms with Gasteiger partial charge >= 0.3 is 14.5 Å². The predicted octanol–water partition coefficient (Wildman–Crippen LogP) is 5.46. The lowest BCUT2D eigenvalue weighted by Gasteiger charge is -2.45. The van der Waals surface area contributed by atoms with Gasteiger partial charge in [-0.3, -0.25) is 0 Å². The fraction of sp³-hybridized carbons (Fsp3) is 0.571. The second-order valence-electron chi connectivity index (χ2n) is 8.64. The standard InChI is InChI=1S/C21H34O4Si/c1-8-9-16-24-19(22)15-14-17-12-10-11-13-18(17)25-26(23,20(2,3)4)21(5,6)7/h10-15,23H,8-9,16H2,1-7H3/b15-14+. The van der Waals surface area contributed by atoms with E-state index in [1.807, 2.05) is 72.7 Å². The molecule has 5 heteroatoms. The normalized spacial score (nSPS) is 13.1. The molecule has 0 radical (unpaired) electrons. The molecule has 0 unspecified atom stereocenters. The molecule has 1 N–H and O–H groups in total. The van der Waals surface area contributed by atoms with E-state index >= 15 is 0 Å². The van der Waals surface area contributed by atoms with Gasteiger partial charge in [0.1, 0.15) is 5.75 Å². The number of hydrogen-bond donors (Lipinski definition) is 1. The van der Waals surface area contributed by atoms with Crippen molar-refractivity contribution in [3.8, 4) is 5.75 Å². The van der Waals surface area contributed by atoms with Gasteiger partial charge < -0.3 is 14.0 Å². The Kier molecular flexibility index (Phi) is 7.65. The van der Waals surface area contributed by atoms with Crippen molar-refractivity contribution in [2.75, 3.05) is 6.61 Å². The van der Waals surface area contributed by atoms with Crippen molar-refractivity contribution < 1.29 is 18.8 Å². The monoisotopic (exact) mass is 378 g/mol. The SMILES string of the molecule is CCCCOC(=O)/C=C/c1ccccc1O[Si](O)(C(C)(C)C)C(C)(C)C. The van der Waals surface area contributed by atoms with E-state index in [1.165, 1.54) is 6.08 Å². The van der Waals surface area contributed by atoms with Crippen LogP contribution >= 0.6 is 0 Å². The van der Waals surface area contributed by atoms with Crippen molar-refractivity contribution in [2.45, 2.75) is 71.4 Å². The Morgan fingerprint density at radius 1 is 1.12 bits per heavy atom. The molecule has 0 saturated carbocycles. The van der Waals surface area contributed by atoms with E-state index in [9.17, 15) is 9.59 Å². The second-order valence-corrected chi connectivity index (χ2v) is 13.1. The van der Waals surface area contributed by atoms with Crippen molar-refractivity contribution in [2.24, 2.45) is 0 Å². The molecule has 0 spiro atoms. The molecular weight excluding hydrogens is 344 g/mol. The molecule has 1 rings (SSSR count). The van der Waals surface area contributed by atoms with Crippen molar-refractivity contribution >= 4 is 20.6 Å². The number of esters is 1. The van der Waals surface area contributed by atoms with E-state index < -0.39 is 8.56 Å². The van der Waals surface area contributed by atoms with Gasteiger partial charge in [0.05, 0.1) is 6.61 Å². The van der Waals surface area contributed by atoms with Gasteiger partial charge in [0, 0.05) is 21.7 Å². The topological polar surface area (TPSA) is 55.8 Å². The summed E-state index contributed by atoms with van der Waals surface area (Å²) in [4.78, 5) is 23.3. The number of rotatable bonds is 7. The minimum absolute atomic E-state index is 0.368. The zero-order valence-electron chi connectivity index (χ0n) is 17.3. The Balaban J connectivity index is 3.07. The highest BCUT2D eigenvalue weighted by atomic mass is 28.4. The molecule has 0 heterocycles. The summed E-state index contributed by atoms with van der Waals surface area (Å²) in [6.07, 6.45) is 4.93. The molecule has 0 aliphatic heterocycles. The van der Waals surface area contributed by atoms with Crippen molar-refractivity contribution in [3.63, 3.8) is 0 Å². The molecule has 0 aliphatic rings. The number of para-hydroxylation sites is 1. The van der Waals surface area contributed by atoms with Gasteiger partial charge in [-0.1, -0.05) is 73.1 Å². The Morgan fingerprint density at radius 3 is 2.23 bits per heavy atom. The molecule has 0 aliphatic carbocycles. The first kappa shape index (κ1) is 22.4. The summed E-state index contributed by atoms with van der Waals surface area (Å²) in [7, 11) is -3.16. The van der Waals surface area contributed by atoms with Crippen molar-refractivity contribution in [1.29, 1.82) is 0 Å². The quantitative estimate of drug-likeness (QED) is 0.296. The lowest BCUT2D eigenvalue weighted by Crippen LogP contribution is -2.57. The minimum Gasteiger partial charge on any atom is -0.519 e. The Hall–Kier alpha value is -1.59. The van der Waals surface area contributed by atoms with Crippen LogP contribution in [0.5, 0.6) is 5.75 Å². The molecule has 146 valence electrons. The van der Waals surface area contributed by atoms with Crippen LogP contribution in [0.4, 0.5) is 0 Å². The summed E-state index contributed by atoms with van der Waals surface area (Å²) in [5.74, 6) is 0.219. The number of carbonyl (C=O) groups excluding carboxylic acids is 1. The summed E-state index contributed by atoms with van der Waals surface area (Å²) in [5.41, 5.74) is 0.749. The minimum atomic E-state index is -3.16. The van der Waals surface area contributed by atoms with E-state index in [-0.39, 0.29) is 16.0 Å². The summed E-state index contributed by atoms with van der Waals surface area (Å²) in [6, 6.07) is 7.44. The molecule has 0 amide bonds. The zero-order valence-corrected chi connectivity index (χ0v) is 18.3. The molecule has 0 saturated heterocycles. The van der Waals surface area contributed by atoms with Crippen LogP contribution in [0, 0.1) is 0 Å². The largest absolute Gasteiger partial charge is 0.519 e. The first-order chi connectivity index (χ1) is 11.9. The molecule has 1 aromatic carbocycles. The number of benzene rings is 1. The van der Waals surface area contributed by atoms with Crippen LogP contribution in [-0.4, -0.2) is 25.9 Å².